The van der Waals surface area contributed by atoms with Crippen LogP contribution in [0.25, 0.3) is 0 Å². The normalized spacial score (nSPS) is 13.4. The molecule has 1 aromatic carbocycles. The molecule has 1 aromatic heterocycles. The molecule has 0 aliphatic carbocycles. The van der Waals surface area contributed by atoms with Gasteiger partial charge in [0.2, 0.25) is 0 Å². The molecule has 1 atom stereocenters. The first-order valence-corrected chi connectivity index (χ1v) is 10.1. The fraction of sp³-hybridized carbons (Fsp3) is 0.500. The number of rotatable bonds is 8. The summed E-state index contributed by atoms with van der Waals surface area (Å²) in [5, 5.41) is 0. The Labute approximate surface area is 147 Å². The molecule has 2 rings (SSSR count). The number of imidazole rings is 1. The third-order valence-corrected chi connectivity index (χ3v) is 6.27. The highest BCUT2D eigenvalue weighted by molar-refractivity contribution is 7.91. The van der Waals surface area contributed by atoms with E-state index in [1.807, 2.05) is 10.8 Å². The van der Waals surface area contributed by atoms with Crippen molar-refractivity contribution in [2.45, 2.75) is 51.0 Å². The monoisotopic (exact) mass is 370 g/mol. The summed E-state index contributed by atoms with van der Waals surface area (Å²) in [6.07, 6.45) is 4.67. The first-order chi connectivity index (χ1) is 11.7. The first-order valence-electron chi connectivity index (χ1n) is 8.41. The van der Waals surface area contributed by atoms with Gasteiger partial charge in [0.15, 0.2) is 9.84 Å². The molecular formula is C18H24F2N2O2S. The molecule has 138 valence electrons. The van der Waals surface area contributed by atoms with Gasteiger partial charge in [0.25, 0.3) is 0 Å². The van der Waals surface area contributed by atoms with Crippen LogP contribution in [0.5, 0.6) is 0 Å². The zero-order chi connectivity index (χ0) is 18.6. The lowest BCUT2D eigenvalue weighted by molar-refractivity contribution is 0.476. The summed E-state index contributed by atoms with van der Waals surface area (Å²) in [4.78, 5) is 3.95. The summed E-state index contributed by atoms with van der Waals surface area (Å²) in [5.74, 6) is -0.234. The summed E-state index contributed by atoms with van der Waals surface area (Å²) >= 11 is 0. The van der Waals surface area contributed by atoms with Crippen LogP contribution in [-0.4, -0.2) is 23.7 Å². The van der Waals surface area contributed by atoms with Gasteiger partial charge < -0.3 is 4.57 Å². The molecule has 2 aromatic rings. The molecule has 0 aliphatic heterocycles. The summed E-state index contributed by atoms with van der Waals surface area (Å²) in [6, 6.07) is 2.54. The molecule has 0 saturated heterocycles. The minimum absolute atomic E-state index is 0.167. The van der Waals surface area contributed by atoms with E-state index in [0.29, 0.717) is 37.3 Å². The second kappa shape index (κ2) is 8.08. The molecule has 1 heterocycles. The van der Waals surface area contributed by atoms with Crippen molar-refractivity contribution in [1.82, 2.24) is 9.55 Å². The molecule has 0 radical (unpaired) electrons. The van der Waals surface area contributed by atoms with Crippen molar-refractivity contribution >= 4 is 9.84 Å². The first kappa shape index (κ1) is 19.6. The van der Waals surface area contributed by atoms with E-state index in [9.17, 15) is 17.2 Å². The Hall–Kier alpha value is -1.76. The average molecular weight is 370 g/mol. The van der Waals surface area contributed by atoms with Gasteiger partial charge in [-0.3, -0.25) is 0 Å². The van der Waals surface area contributed by atoms with Crippen LogP contribution in [0.4, 0.5) is 8.78 Å². The van der Waals surface area contributed by atoms with Crippen LogP contribution < -0.4 is 0 Å². The largest absolute Gasteiger partial charge is 0.335 e. The number of hydrogen-bond donors (Lipinski definition) is 0. The lowest BCUT2D eigenvalue weighted by Gasteiger charge is -2.17. The fourth-order valence-electron chi connectivity index (χ4n) is 2.62. The molecular weight excluding hydrogens is 346 g/mol. The van der Waals surface area contributed by atoms with Crippen molar-refractivity contribution in [3.05, 3.63) is 48.1 Å². The molecule has 0 fully saturated rings. The van der Waals surface area contributed by atoms with Gasteiger partial charge in [-0.1, -0.05) is 20.8 Å². The van der Waals surface area contributed by atoms with E-state index < -0.39 is 26.4 Å². The van der Waals surface area contributed by atoms with Crippen LogP contribution >= 0.6 is 0 Å². The average Bonchev–Trinajstić information content (AvgIpc) is 2.98. The standard InChI is InChI=1S/C18H24F2N2O2S/c1-13(2)14(3)18-21-8-10-22(18)9-4-5-11-25(23,24)17-7-6-15(19)12-16(17)20/h6-8,10,12-14H,4-5,9,11H2,1-3H3. The third kappa shape index (κ3) is 4.87. The highest BCUT2D eigenvalue weighted by Crippen LogP contribution is 2.23. The molecule has 0 aliphatic rings. The number of unbranched alkanes of at least 4 members (excludes halogenated alkanes) is 1. The Morgan fingerprint density at radius 3 is 2.52 bits per heavy atom. The van der Waals surface area contributed by atoms with Crippen molar-refractivity contribution in [1.29, 1.82) is 0 Å². The van der Waals surface area contributed by atoms with Crippen molar-refractivity contribution in [3.63, 3.8) is 0 Å². The van der Waals surface area contributed by atoms with E-state index >= 15 is 0 Å². The quantitative estimate of drug-likeness (QED) is 0.517. The van der Waals surface area contributed by atoms with Gasteiger partial charge in [0, 0.05) is 30.9 Å². The van der Waals surface area contributed by atoms with Crippen LogP contribution in [-0.2, 0) is 16.4 Å². The van der Waals surface area contributed by atoms with Crippen molar-refractivity contribution in [2.24, 2.45) is 5.92 Å². The van der Waals surface area contributed by atoms with Gasteiger partial charge in [0.1, 0.15) is 22.4 Å². The zero-order valence-corrected chi connectivity index (χ0v) is 15.6. The molecule has 0 amide bonds. The number of benzene rings is 1. The lowest BCUT2D eigenvalue weighted by atomic mass is 9.97. The topological polar surface area (TPSA) is 52.0 Å². The molecule has 4 nitrogen and oxygen atoms in total. The van der Waals surface area contributed by atoms with Crippen molar-refractivity contribution in [2.75, 3.05) is 5.75 Å². The summed E-state index contributed by atoms with van der Waals surface area (Å²) in [6.45, 7) is 7.04. The van der Waals surface area contributed by atoms with E-state index in [1.54, 1.807) is 6.20 Å². The molecule has 7 heteroatoms. The number of sulfone groups is 1. The van der Waals surface area contributed by atoms with Crippen molar-refractivity contribution < 1.29 is 17.2 Å². The zero-order valence-electron chi connectivity index (χ0n) is 14.7. The Morgan fingerprint density at radius 2 is 1.88 bits per heavy atom. The highest BCUT2D eigenvalue weighted by atomic mass is 32.2. The van der Waals surface area contributed by atoms with Crippen LogP contribution in [0.3, 0.4) is 0 Å². The second-order valence-electron chi connectivity index (χ2n) is 6.61. The fourth-order valence-corrected chi connectivity index (χ4v) is 4.05. The number of nitrogens with zero attached hydrogens (tertiary/aromatic N) is 2. The maximum Gasteiger partial charge on any atom is 0.181 e. The Balaban J connectivity index is 1.94. The molecule has 0 spiro atoms. The van der Waals surface area contributed by atoms with Gasteiger partial charge in [-0.05, 0) is 30.9 Å². The van der Waals surface area contributed by atoms with E-state index in [2.05, 4.69) is 25.8 Å². The molecule has 1 unspecified atom stereocenters. The van der Waals surface area contributed by atoms with Crippen LogP contribution in [0.2, 0.25) is 0 Å². The van der Waals surface area contributed by atoms with Gasteiger partial charge in [-0.25, -0.2) is 22.2 Å². The SMILES string of the molecule is CC(C)C(C)c1nccn1CCCCS(=O)(=O)c1ccc(F)cc1F. The third-order valence-electron chi connectivity index (χ3n) is 4.45. The minimum atomic E-state index is -3.76. The van der Waals surface area contributed by atoms with Gasteiger partial charge in [-0.2, -0.15) is 0 Å². The summed E-state index contributed by atoms with van der Waals surface area (Å²) < 4.78 is 53.0. The van der Waals surface area contributed by atoms with E-state index in [0.717, 1.165) is 18.0 Å². The number of halogens is 2. The predicted octanol–water partition coefficient (Wildman–Crippen LogP) is 4.17. The summed E-state index contributed by atoms with van der Waals surface area (Å²) in [5.41, 5.74) is 0. The van der Waals surface area contributed by atoms with Crippen LogP contribution in [0.15, 0.2) is 35.5 Å². The maximum atomic E-state index is 13.7. The lowest BCUT2D eigenvalue weighted by Crippen LogP contribution is -2.13. The Bertz CT molecular complexity index is 816. The highest BCUT2D eigenvalue weighted by Gasteiger charge is 2.20. The van der Waals surface area contributed by atoms with E-state index in [1.165, 1.54) is 0 Å². The molecule has 0 bridgehead atoms. The van der Waals surface area contributed by atoms with Gasteiger partial charge >= 0.3 is 0 Å². The number of hydrogen-bond acceptors (Lipinski definition) is 3. The number of aromatic nitrogens is 2. The smallest absolute Gasteiger partial charge is 0.181 e. The predicted molar refractivity (Wildman–Crippen MR) is 93.1 cm³/mol. The van der Waals surface area contributed by atoms with Gasteiger partial charge in [-0.15, -0.1) is 0 Å². The minimum Gasteiger partial charge on any atom is -0.335 e. The number of aryl methyl sites for hydroxylation is 1. The Kier molecular flexibility index (Phi) is 6.32. The van der Waals surface area contributed by atoms with E-state index in [4.69, 9.17) is 0 Å². The van der Waals surface area contributed by atoms with Crippen LogP contribution in [0, 0.1) is 17.6 Å². The second-order valence-corrected chi connectivity index (χ2v) is 8.69. The molecule has 0 saturated carbocycles. The summed E-state index contributed by atoms with van der Waals surface area (Å²) in [7, 11) is -3.76. The van der Waals surface area contributed by atoms with Crippen LogP contribution in [0.1, 0.15) is 45.4 Å². The molecule has 0 N–H and O–H groups in total. The van der Waals surface area contributed by atoms with Crippen molar-refractivity contribution in [3.8, 4) is 0 Å². The van der Waals surface area contributed by atoms with Gasteiger partial charge in [0.05, 0.1) is 5.75 Å². The maximum absolute atomic E-state index is 13.7. The Morgan fingerprint density at radius 1 is 1.16 bits per heavy atom. The molecule has 25 heavy (non-hydrogen) atoms. The van der Waals surface area contributed by atoms with E-state index in [-0.39, 0.29) is 5.75 Å².